The SMILES string of the molecule is COc1cc(OC(=O)C2CSC(c3ccccc3)N2)cc(OC)c1OC. The van der Waals surface area contributed by atoms with E-state index in [2.05, 4.69) is 5.32 Å². The Hall–Kier alpha value is -2.38. The molecule has 1 fully saturated rings. The Labute approximate surface area is 156 Å². The summed E-state index contributed by atoms with van der Waals surface area (Å²) < 4.78 is 21.4. The third kappa shape index (κ3) is 3.89. The fourth-order valence-corrected chi connectivity index (χ4v) is 3.96. The lowest BCUT2D eigenvalue weighted by Gasteiger charge is -2.16. The minimum atomic E-state index is -0.385. The van der Waals surface area contributed by atoms with Crippen molar-refractivity contribution in [1.82, 2.24) is 5.32 Å². The quantitative estimate of drug-likeness (QED) is 0.615. The molecule has 0 amide bonds. The van der Waals surface area contributed by atoms with Crippen molar-refractivity contribution in [2.75, 3.05) is 27.1 Å². The molecule has 138 valence electrons. The van der Waals surface area contributed by atoms with E-state index >= 15 is 0 Å². The minimum absolute atomic E-state index is 0.0775. The number of rotatable bonds is 6. The van der Waals surface area contributed by atoms with Crippen LogP contribution in [0.1, 0.15) is 10.9 Å². The van der Waals surface area contributed by atoms with Gasteiger partial charge in [0.15, 0.2) is 11.5 Å². The van der Waals surface area contributed by atoms with Gasteiger partial charge in [0.25, 0.3) is 0 Å². The summed E-state index contributed by atoms with van der Waals surface area (Å²) in [6.07, 6.45) is 0. The number of hydrogen-bond donors (Lipinski definition) is 1. The Morgan fingerprint density at radius 3 is 2.27 bits per heavy atom. The van der Waals surface area contributed by atoms with Crippen LogP contribution in [0.3, 0.4) is 0 Å². The van der Waals surface area contributed by atoms with E-state index in [9.17, 15) is 4.79 Å². The molecule has 0 aliphatic carbocycles. The largest absolute Gasteiger partial charge is 0.493 e. The fourth-order valence-electron chi connectivity index (χ4n) is 2.73. The maximum atomic E-state index is 12.5. The standard InChI is InChI=1S/C19H21NO5S/c1-22-15-9-13(10-16(23-2)17(15)24-3)25-19(21)14-11-26-18(20-14)12-7-5-4-6-8-12/h4-10,14,18,20H,11H2,1-3H3. The first-order chi connectivity index (χ1) is 12.7. The maximum Gasteiger partial charge on any atom is 0.329 e. The van der Waals surface area contributed by atoms with Crippen molar-refractivity contribution in [2.24, 2.45) is 0 Å². The number of carbonyl (C=O) groups is 1. The van der Waals surface area contributed by atoms with Crippen LogP contribution in [-0.2, 0) is 4.79 Å². The monoisotopic (exact) mass is 375 g/mol. The lowest BCUT2D eigenvalue weighted by Crippen LogP contribution is -2.37. The zero-order chi connectivity index (χ0) is 18.5. The second-order valence-corrected chi connectivity index (χ2v) is 6.76. The summed E-state index contributed by atoms with van der Waals surface area (Å²) in [6.45, 7) is 0. The smallest absolute Gasteiger partial charge is 0.329 e. The first-order valence-corrected chi connectivity index (χ1v) is 9.15. The topological polar surface area (TPSA) is 66.0 Å². The molecule has 7 heteroatoms. The molecular weight excluding hydrogens is 354 g/mol. The molecule has 26 heavy (non-hydrogen) atoms. The Morgan fingerprint density at radius 2 is 1.69 bits per heavy atom. The van der Waals surface area contributed by atoms with Crippen molar-refractivity contribution < 1.29 is 23.7 Å². The second kappa shape index (κ2) is 8.33. The molecule has 2 aromatic carbocycles. The summed E-state index contributed by atoms with van der Waals surface area (Å²) >= 11 is 1.68. The van der Waals surface area contributed by atoms with Crippen LogP contribution in [-0.4, -0.2) is 39.1 Å². The molecule has 3 rings (SSSR count). The molecule has 0 bridgehead atoms. The van der Waals surface area contributed by atoms with E-state index in [0.29, 0.717) is 28.8 Å². The van der Waals surface area contributed by atoms with Gasteiger partial charge < -0.3 is 18.9 Å². The molecule has 6 nitrogen and oxygen atoms in total. The average molecular weight is 375 g/mol. The van der Waals surface area contributed by atoms with Crippen molar-refractivity contribution in [2.45, 2.75) is 11.4 Å². The lowest BCUT2D eigenvalue weighted by molar-refractivity contribution is -0.136. The predicted octanol–water partition coefficient (Wildman–Crippen LogP) is 3.02. The molecule has 1 aliphatic heterocycles. The molecule has 2 aromatic rings. The van der Waals surface area contributed by atoms with E-state index in [-0.39, 0.29) is 17.4 Å². The van der Waals surface area contributed by atoms with Crippen molar-refractivity contribution >= 4 is 17.7 Å². The van der Waals surface area contributed by atoms with Crippen molar-refractivity contribution in [3.05, 3.63) is 48.0 Å². The first-order valence-electron chi connectivity index (χ1n) is 8.10. The van der Waals surface area contributed by atoms with Gasteiger partial charge in [-0.25, -0.2) is 4.79 Å². The van der Waals surface area contributed by atoms with Crippen LogP contribution in [0.4, 0.5) is 0 Å². The van der Waals surface area contributed by atoms with Gasteiger partial charge in [-0.2, -0.15) is 0 Å². The van der Waals surface area contributed by atoms with Crippen LogP contribution in [0, 0.1) is 0 Å². The van der Waals surface area contributed by atoms with Gasteiger partial charge in [-0.15, -0.1) is 11.8 Å². The van der Waals surface area contributed by atoms with Gasteiger partial charge in [0.1, 0.15) is 11.8 Å². The predicted molar refractivity (Wildman–Crippen MR) is 100 cm³/mol. The van der Waals surface area contributed by atoms with Gasteiger partial charge in [-0.1, -0.05) is 30.3 Å². The van der Waals surface area contributed by atoms with Crippen LogP contribution in [0.25, 0.3) is 0 Å². The van der Waals surface area contributed by atoms with Crippen molar-refractivity contribution in [3.8, 4) is 23.0 Å². The number of thioether (sulfide) groups is 1. The van der Waals surface area contributed by atoms with Gasteiger partial charge in [0, 0.05) is 17.9 Å². The molecule has 0 saturated carbocycles. The Bertz CT molecular complexity index is 743. The van der Waals surface area contributed by atoms with Gasteiger partial charge in [0.05, 0.1) is 26.7 Å². The average Bonchev–Trinajstić information content (AvgIpc) is 3.18. The highest BCUT2D eigenvalue weighted by atomic mass is 32.2. The number of ether oxygens (including phenoxy) is 4. The number of hydrogen-bond acceptors (Lipinski definition) is 7. The van der Waals surface area contributed by atoms with E-state index in [1.807, 2.05) is 30.3 Å². The normalized spacial score (nSPS) is 19.0. The van der Waals surface area contributed by atoms with Crippen LogP contribution in [0.2, 0.25) is 0 Å². The Balaban J connectivity index is 1.70. The summed E-state index contributed by atoms with van der Waals surface area (Å²) in [5.41, 5.74) is 1.14. The number of methoxy groups -OCH3 is 3. The van der Waals surface area contributed by atoms with Crippen molar-refractivity contribution in [1.29, 1.82) is 0 Å². The summed E-state index contributed by atoms with van der Waals surface area (Å²) in [4.78, 5) is 12.5. The van der Waals surface area contributed by atoms with E-state index in [4.69, 9.17) is 18.9 Å². The number of benzene rings is 2. The molecule has 0 radical (unpaired) electrons. The number of carbonyl (C=O) groups excluding carboxylic acids is 1. The fraction of sp³-hybridized carbons (Fsp3) is 0.316. The maximum absolute atomic E-state index is 12.5. The van der Waals surface area contributed by atoms with Gasteiger partial charge in [-0.3, -0.25) is 5.32 Å². The first kappa shape index (κ1) is 18.4. The molecule has 2 atom stereocenters. The zero-order valence-corrected chi connectivity index (χ0v) is 15.7. The highest BCUT2D eigenvalue weighted by Crippen LogP contribution is 2.41. The summed E-state index contributed by atoms with van der Waals surface area (Å²) in [5, 5.41) is 3.39. The summed E-state index contributed by atoms with van der Waals surface area (Å²) in [7, 11) is 4.56. The molecule has 0 aromatic heterocycles. The zero-order valence-electron chi connectivity index (χ0n) is 14.9. The summed E-state index contributed by atoms with van der Waals surface area (Å²) in [6, 6.07) is 12.9. The molecule has 0 spiro atoms. The third-order valence-corrected chi connectivity index (χ3v) is 5.29. The van der Waals surface area contributed by atoms with E-state index < -0.39 is 0 Å². The molecule has 1 N–H and O–H groups in total. The van der Waals surface area contributed by atoms with Crippen LogP contribution < -0.4 is 24.3 Å². The molecular formula is C19H21NO5S. The Kier molecular flexibility index (Phi) is 5.90. The Morgan fingerprint density at radius 1 is 1.04 bits per heavy atom. The highest BCUT2D eigenvalue weighted by molar-refractivity contribution is 7.99. The highest BCUT2D eigenvalue weighted by Gasteiger charge is 2.32. The molecule has 1 saturated heterocycles. The van der Waals surface area contributed by atoms with Gasteiger partial charge in [0.2, 0.25) is 5.75 Å². The number of esters is 1. The van der Waals surface area contributed by atoms with E-state index in [1.165, 1.54) is 21.3 Å². The summed E-state index contributed by atoms with van der Waals surface area (Å²) in [5.74, 6) is 1.97. The molecule has 1 aliphatic rings. The van der Waals surface area contributed by atoms with Crippen LogP contribution in [0.5, 0.6) is 23.0 Å². The van der Waals surface area contributed by atoms with Gasteiger partial charge >= 0.3 is 5.97 Å². The van der Waals surface area contributed by atoms with Gasteiger partial charge in [-0.05, 0) is 5.56 Å². The molecule has 1 heterocycles. The second-order valence-electron chi connectivity index (χ2n) is 5.63. The van der Waals surface area contributed by atoms with Crippen LogP contribution >= 0.6 is 11.8 Å². The van der Waals surface area contributed by atoms with E-state index in [0.717, 1.165) is 5.56 Å². The van der Waals surface area contributed by atoms with E-state index in [1.54, 1.807) is 23.9 Å². The minimum Gasteiger partial charge on any atom is -0.493 e. The van der Waals surface area contributed by atoms with Crippen LogP contribution in [0.15, 0.2) is 42.5 Å². The third-order valence-electron chi connectivity index (χ3n) is 4.03. The number of nitrogens with one attached hydrogen (secondary N) is 1. The molecule has 2 unspecified atom stereocenters. The van der Waals surface area contributed by atoms with Crippen molar-refractivity contribution in [3.63, 3.8) is 0 Å². The lowest BCUT2D eigenvalue weighted by atomic mass is 10.2.